The summed E-state index contributed by atoms with van der Waals surface area (Å²) in [5, 5.41) is 0.712. The first-order valence-electron chi connectivity index (χ1n) is 5.88. The van der Waals surface area contributed by atoms with E-state index in [9.17, 15) is 0 Å². The molecule has 0 aliphatic heterocycles. The van der Waals surface area contributed by atoms with Crippen molar-refractivity contribution in [3.8, 4) is 5.75 Å². The van der Waals surface area contributed by atoms with Gasteiger partial charge in [0.2, 0.25) is 0 Å². The van der Waals surface area contributed by atoms with Crippen LogP contribution in [0.1, 0.15) is 11.1 Å². The molecular formula is C16H15ClO2. The van der Waals surface area contributed by atoms with Crippen molar-refractivity contribution in [1.29, 1.82) is 0 Å². The lowest BCUT2D eigenvalue weighted by Gasteiger charge is -2.07. The van der Waals surface area contributed by atoms with Crippen molar-refractivity contribution in [2.75, 3.05) is 14.2 Å². The SMILES string of the molecule is CO/C(=C/c1ccc(OC)cc1)c1ccc(Cl)cc1. The highest BCUT2D eigenvalue weighted by Gasteiger charge is 2.02. The predicted octanol–water partition coefficient (Wildman–Crippen LogP) is 4.49. The average Bonchev–Trinajstić information content (AvgIpc) is 2.46. The third-order valence-corrected chi connectivity index (χ3v) is 3.01. The fourth-order valence-corrected chi connectivity index (χ4v) is 1.85. The number of rotatable bonds is 4. The molecule has 0 aliphatic rings. The van der Waals surface area contributed by atoms with Crippen LogP contribution in [0.2, 0.25) is 5.02 Å². The molecule has 0 radical (unpaired) electrons. The Morgan fingerprint density at radius 3 is 2.11 bits per heavy atom. The van der Waals surface area contributed by atoms with Gasteiger partial charge in [0.15, 0.2) is 0 Å². The quantitative estimate of drug-likeness (QED) is 0.604. The van der Waals surface area contributed by atoms with Crippen molar-refractivity contribution < 1.29 is 9.47 Å². The second kappa shape index (κ2) is 6.30. The topological polar surface area (TPSA) is 18.5 Å². The average molecular weight is 275 g/mol. The van der Waals surface area contributed by atoms with Crippen molar-refractivity contribution >= 4 is 23.4 Å². The summed E-state index contributed by atoms with van der Waals surface area (Å²) < 4.78 is 10.6. The Hall–Kier alpha value is -1.93. The molecule has 2 rings (SSSR count). The second-order valence-electron chi connectivity index (χ2n) is 3.99. The third-order valence-electron chi connectivity index (χ3n) is 2.76. The monoisotopic (exact) mass is 274 g/mol. The number of hydrogen-bond donors (Lipinski definition) is 0. The smallest absolute Gasteiger partial charge is 0.126 e. The van der Waals surface area contributed by atoms with Gasteiger partial charge in [0.05, 0.1) is 14.2 Å². The summed E-state index contributed by atoms with van der Waals surface area (Å²) in [4.78, 5) is 0. The summed E-state index contributed by atoms with van der Waals surface area (Å²) in [6.07, 6.45) is 1.97. The van der Waals surface area contributed by atoms with Crippen molar-refractivity contribution in [2.24, 2.45) is 0 Å². The molecule has 0 atom stereocenters. The van der Waals surface area contributed by atoms with E-state index < -0.39 is 0 Å². The molecule has 0 heterocycles. The minimum atomic E-state index is 0.712. The molecule has 0 fully saturated rings. The van der Waals surface area contributed by atoms with Gasteiger partial charge in [-0.15, -0.1) is 0 Å². The van der Waals surface area contributed by atoms with Gasteiger partial charge in [-0.1, -0.05) is 23.7 Å². The molecule has 0 N–H and O–H groups in total. The first-order chi connectivity index (χ1) is 9.22. The highest BCUT2D eigenvalue weighted by molar-refractivity contribution is 6.30. The van der Waals surface area contributed by atoms with Crippen LogP contribution in [0.4, 0.5) is 0 Å². The molecule has 0 unspecified atom stereocenters. The van der Waals surface area contributed by atoms with Crippen LogP contribution in [-0.4, -0.2) is 14.2 Å². The van der Waals surface area contributed by atoms with Gasteiger partial charge in [0, 0.05) is 10.6 Å². The first kappa shape index (κ1) is 13.5. The Balaban J connectivity index is 2.29. The molecule has 0 bridgehead atoms. The highest BCUT2D eigenvalue weighted by Crippen LogP contribution is 2.22. The van der Waals surface area contributed by atoms with Crippen LogP contribution in [0.15, 0.2) is 48.5 Å². The maximum atomic E-state index is 5.88. The van der Waals surface area contributed by atoms with Crippen LogP contribution in [0.25, 0.3) is 11.8 Å². The fourth-order valence-electron chi connectivity index (χ4n) is 1.73. The number of methoxy groups -OCH3 is 2. The first-order valence-corrected chi connectivity index (χ1v) is 6.26. The van der Waals surface area contributed by atoms with Crippen LogP contribution in [0.5, 0.6) is 5.75 Å². The zero-order chi connectivity index (χ0) is 13.7. The van der Waals surface area contributed by atoms with Gasteiger partial charge < -0.3 is 9.47 Å². The Labute approximate surface area is 118 Å². The fraction of sp³-hybridized carbons (Fsp3) is 0.125. The Morgan fingerprint density at radius 2 is 1.58 bits per heavy atom. The standard InChI is InChI=1S/C16H15ClO2/c1-18-15-9-3-12(4-10-15)11-16(19-2)13-5-7-14(17)8-6-13/h3-11H,1-2H3/b16-11+. The lowest BCUT2D eigenvalue weighted by atomic mass is 10.1. The molecule has 0 aromatic heterocycles. The Kier molecular flexibility index (Phi) is 4.48. The van der Waals surface area contributed by atoms with Crippen LogP contribution < -0.4 is 4.74 Å². The largest absolute Gasteiger partial charge is 0.497 e. The zero-order valence-corrected chi connectivity index (χ0v) is 11.6. The zero-order valence-electron chi connectivity index (χ0n) is 10.9. The van der Waals surface area contributed by atoms with E-state index in [1.54, 1.807) is 14.2 Å². The van der Waals surface area contributed by atoms with Gasteiger partial charge in [-0.25, -0.2) is 0 Å². The Bertz CT molecular complexity index is 556. The number of hydrogen-bond acceptors (Lipinski definition) is 2. The van der Waals surface area contributed by atoms with E-state index in [1.165, 1.54) is 0 Å². The molecular weight excluding hydrogens is 260 g/mol. The molecule has 0 aliphatic carbocycles. The van der Waals surface area contributed by atoms with Crippen molar-refractivity contribution in [3.05, 3.63) is 64.7 Å². The van der Waals surface area contributed by atoms with Gasteiger partial charge in [-0.2, -0.15) is 0 Å². The van der Waals surface area contributed by atoms with Gasteiger partial charge >= 0.3 is 0 Å². The second-order valence-corrected chi connectivity index (χ2v) is 4.43. The lowest BCUT2D eigenvalue weighted by molar-refractivity contribution is 0.372. The number of halogens is 1. The normalized spacial score (nSPS) is 11.2. The molecule has 3 heteroatoms. The molecule has 0 spiro atoms. The predicted molar refractivity (Wildman–Crippen MR) is 79.3 cm³/mol. The van der Waals surface area contributed by atoms with Gasteiger partial charge in [0.25, 0.3) is 0 Å². The van der Waals surface area contributed by atoms with E-state index in [-0.39, 0.29) is 0 Å². The lowest BCUT2D eigenvalue weighted by Crippen LogP contribution is -1.88. The maximum Gasteiger partial charge on any atom is 0.126 e. The van der Waals surface area contributed by atoms with E-state index in [2.05, 4.69) is 0 Å². The van der Waals surface area contributed by atoms with Gasteiger partial charge in [-0.05, 0) is 48.0 Å². The van der Waals surface area contributed by atoms with Crippen LogP contribution >= 0.6 is 11.6 Å². The molecule has 98 valence electrons. The third kappa shape index (κ3) is 3.52. The van der Waals surface area contributed by atoms with Crippen LogP contribution in [-0.2, 0) is 4.74 Å². The number of ether oxygens (including phenoxy) is 2. The minimum Gasteiger partial charge on any atom is -0.497 e. The summed E-state index contributed by atoms with van der Waals surface area (Å²) in [5.74, 6) is 1.63. The van der Waals surface area contributed by atoms with Crippen molar-refractivity contribution in [2.45, 2.75) is 0 Å². The minimum absolute atomic E-state index is 0.712. The molecule has 2 aromatic rings. The molecule has 0 saturated carbocycles. The molecule has 19 heavy (non-hydrogen) atoms. The van der Waals surface area contributed by atoms with E-state index in [0.29, 0.717) is 5.02 Å². The molecule has 0 amide bonds. The summed E-state index contributed by atoms with van der Waals surface area (Å²) >= 11 is 5.88. The summed E-state index contributed by atoms with van der Waals surface area (Å²) in [5.41, 5.74) is 2.04. The van der Waals surface area contributed by atoms with Gasteiger partial charge in [-0.3, -0.25) is 0 Å². The summed E-state index contributed by atoms with van der Waals surface area (Å²) in [6.45, 7) is 0. The molecule has 0 saturated heterocycles. The van der Waals surface area contributed by atoms with Crippen molar-refractivity contribution in [3.63, 3.8) is 0 Å². The van der Waals surface area contributed by atoms with E-state index in [1.807, 2.05) is 54.6 Å². The Morgan fingerprint density at radius 1 is 0.947 bits per heavy atom. The van der Waals surface area contributed by atoms with Gasteiger partial charge in [0.1, 0.15) is 11.5 Å². The molecule has 2 aromatic carbocycles. The number of benzene rings is 2. The highest BCUT2D eigenvalue weighted by atomic mass is 35.5. The van der Waals surface area contributed by atoms with E-state index in [4.69, 9.17) is 21.1 Å². The van der Waals surface area contributed by atoms with Crippen LogP contribution in [0.3, 0.4) is 0 Å². The van der Waals surface area contributed by atoms with Crippen molar-refractivity contribution in [1.82, 2.24) is 0 Å². The van der Waals surface area contributed by atoms with E-state index in [0.717, 1.165) is 22.6 Å². The maximum absolute atomic E-state index is 5.88. The summed E-state index contributed by atoms with van der Waals surface area (Å²) in [6, 6.07) is 15.3. The molecule has 2 nitrogen and oxygen atoms in total. The van der Waals surface area contributed by atoms with E-state index >= 15 is 0 Å². The van der Waals surface area contributed by atoms with Crippen LogP contribution in [0, 0.1) is 0 Å². The summed E-state index contributed by atoms with van der Waals surface area (Å²) in [7, 11) is 3.31.